The van der Waals surface area contributed by atoms with Crippen molar-refractivity contribution in [3.8, 4) is 0 Å². The number of hydrogen-bond donors (Lipinski definition) is 2. The van der Waals surface area contributed by atoms with Crippen molar-refractivity contribution < 1.29 is 0 Å². The molecule has 1 unspecified atom stereocenters. The number of nitrogens with one attached hydrogen (secondary N) is 1. The zero-order valence-corrected chi connectivity index (χ0v) is 18.2. The van der Waals surface area contributed by atoms with Crippen molar-refractivity contribution in [1.82, 2.24) is 10.2 Å². The Morgan fingerprint density at radius 3 is 2.55 bits per heavy atom. The van der Waals surface area contributed by atoms with Crippen LogP contribution in [0.3, 0.4) is 0 Å². The van der Waals surface area contributed by atoms with Gasteiger partial charge in [-0.15, -0.1) is 0 Å². The van der Waals surface area contributed by atoms with Crippen LogP contribution in [0.25, 0.3) is 5.70 Å². The summed E-state index contributed by atoms with van der Waals surface area (Å²) in [6.07, 6.45) is 2.02. The summed E-state index contributed by atoms with van der Waals surface area (Å²) in [7, 11) is 2.19. The van der Waals surface area contributed by atoms with Crippen molar-refractivity contribution in [2.24, 2.45) is 10.7 Å². The average Bonchev–Trinajstić information content (AvgIpc) is 2.73. The van der Waals surface area contributed by atoms with Gasteiger partial charge in [-0.1, -0.05) is 34.1 Å². The summed E-state index contributed by atoms with van der Waals surface area (Å²) in [6.45, 7) is 4.39. The Balaban J connectivity index is 1.46. The largest absolute Gasteiger partial charge is 0.370 e. The minimum absolute atomic E-state index is 0.00964. The Hall–Kier alpha value is -2.31. The van der Waals surface area contributed by atoms with Gasteiger partial charge in [-0.2, -0.15) is 0 Å². The van der Waals surface area contributed by atoms with Crippen LogP contribution in [0.1, 0.15) is 29.2 Å². The normalized spacial score (nSPS) is 21.9. The van der Waals surface area contributed by atoms with Crippen LogP contribution >= 0.6 is 15.9 Å². The molecule has 1 atom stereocenters. The van der Waals surface area contributed by atoms with Crippen molar-refractivity contribution in [2.75, 3.05) is 38.1 Å². The maximum atomic E-state index is 6.20. The van der Waals surface area contributed by atoms with Gasteiger partial charge in [0.05, 0.1) is 5.70 Å². The van der Waals surface area contributed by atoms with E-state index < -0.39 is 0 Å². The number of nitrogens with two attached hydrogens (primary N) is 1. The van der Waals surface area contributed by atoms with Crippen molar-refractivity contribution in [3.05, 3.63) is 69.2 Å². The molecule has 3 N–H and O–H groups in total. The van der Waals surface area contributed by atoms with Crippen LogP contribution in [-0.4, -0.2) is 44.1 Å². The Morgan fingerprint density at radius 1 is 1.03 bits per heavy atom. The summed E-state index contributed by atoms with van der Waals surface area (Å²) in [6, 6.07) is 15.4. The van der Waals surface area contributed by atoms with Crippen LogP contribution in [0, 0.1) is 0 Å². The molecule has 0 spiro atoms. The summed E-state index contributed by atoms with van der Waals surface area (Å²) in [5.41, 5.74) is 13.8. The van der Waals surface area contributed by atoms with Gasteiger partial charge in [0.2, 0.25) is 0 Å². The molecule has 3 aliphatic rings. The van der Waals surface area contributed by atoms with Crippen molar-refractivity contribution in [1.29, 1.82) is 0 Å². The molecule has 2 heterocycles. The molecule has 0 bridgehead atoms. The molecule has 0 saturated carbocycles. The number of guanidine groups is 1. The minimum atomic E-state index is -0.00964. The van der Waals surface area contributed by atoms with Gasteiger partial charge < -0.3 is 20.9 Å². The van der Waals surface area contributed by atoms with Gasteiger partial charge >= 0.3 is 0 Å². The van der Waals surface area contributed by atoms with E-state index in [2.05, 4.69) is 80.6 Å². The molecule has 29 heavy (non-hydrogen) atoms. The van der Waals surface area contributed by atoms with Gasteiger partial charge in [-0.3, -0.25) is 0 Å². The molecule has 0 aromatic heterocycles. The lowest BCUT2D eigenvalue weighted by atomic mass is 9.83. The van der Waals surface area contributed by atoms with E-state index >= 15 is 0 Å². The van der Waals surface area contributed by atoms with Crippen molar-refractivity contribution in [2.45, 2.75) is 18.9 Å². The monoisotopic (exact) mass is 451 g/mol. The molecular formula is C23H26BrN5. The Kier molecular flexibility index (Phi) is 4.84. The van der Waals surface area contributed by atoms with Crippen LogP contribution < -0.4 is 16.0 Å². The SMILES string of the molecule is CN1CCN(c2ccc(C3N=C(N)NC4=C3CCc3cc(Br)ccc34)cc2)CC1. The van der Waals surface area contributed by atoms with Crippen LogP contribution in [0.4, 0.5) is 5.69 Å². The first-order chi connectivity index (χ1) is 14.1. The molecule has 5 rings (SSSR count). The molecule has 2 aliphatic heterocycles. The summed E-state index contributed by atoms with van der Waals surface area (Å²) < 4.78 is 1.12. The fourth-order valence-electron chi connectivity index (χ4n) is 4.59. The van der Waals surface area contributed by atoms with Crippen LogP contribution in [0.5, 0.6) is 0 Å². The van der Waals surface area contributed by atoms with Gasteiger partial charge in [-0.25, -0.2) is 4.99 Å². The minimum Gasteiger partial charge on any atom is -0.370 e. The van der Waals surface area contributed by atoms with E-state index in [0.29, 0.717) is 5.96 Å². The number of benzene rings is 2. The first-order valence-corrected chi connectivity index (χ1v) is 11.0. The number of anilines is 1. The number of rotatable bonds is 2. The second-order valence-electron chi connectivity index (χ2n) is 8.13. The summed E-state index contributed by atoms with van der Waals surface area (Å²) in [5, 5.41) is 3.34. The highest BCUT2D eigenvalue weighted by atomic mass is 79.9. The van der Waals surface area contributed by atoms with Crippen molar-refractivity contribution in [3.63, 3.8) is 0 Å². The third kappa shape index (κ3) is 3.55. The Bertz CT molecular complexity index is 987. The molecule has 150 valence electrons. The average molecular weight is 452 g/mol. The lowest BCUT2D eigenvalue weighted by Gasteiger charge is -2.34. The number of aryl methyl sites for hydroxylation is 1. The molecule has 1 aliphatic carbocycles. The lowest BCUT2D eigenvalue weighted by molar-refractivity contribution is 0.313. The van der Waals surface area contributed by atoms with Gasteiger partial charge in [0.25, 0.3) is 0 Å². The summed E-state index contributed by atoms with van der Waals surface area (Å²) in [5.74, 6) is 0.493. The number of piperazine rings is 1. The van der Waals surface area contributed by atoms with Gasteiger partial charge in [-0.05, 0) is 60.9 Å². The van der Waals surface area contributed by atoms with Gasteiger partial charge in [0.15, 0.2) is 5.96 Å². The Morgan fingerprint density at radius 2 is 1.79 bits per heavy atom. The first-order valence-electron chi connectivity index (χ1n) is 10.2. The second-order valence-corrected chi connectivity index (χ2v) is 9.04. The first kappa shape index (κ1) is 18.7. The number of nitrogens with zero attached hydrogens (tertiary/aromatic N) is 3. The van der Waals surface area contributed by atoms with Crippen LogP contribution in [0.15, 0.2) is 57.5 Å². The molecular weight excluding hydrogens is 426 g/mol. The number of halogens is 1. The smallest absolute Gasteiger partial charge is 0.194 e. The Labute approximate surface area is 180 Å². The highest BCUT2D eigenvalue weighted by molar-refractivity contribution is 9.10. The number of aliphatic imine (C=N–C) groups is 1. The van der Waals surface area contributed by atoms with E-state index in [1.165, 1.54) is 28.0 Å². The van der Waals surface area contributed by atoms with E-state index in [1.807, 2.05) is 0 Å². The molecule has 6 heteroatoms. The molecule has 0 radical (unpaired) electrons. The number of fused-ring (bicyclic) bond motifs is 2. The maximum Gasteiger partial charge on any atom is 0.194 e. The number of likely N-dealkylation sites (N-methyl/N-ethyl adjacent to an activating group) is 1. The predicted octanol–water partition coefficient (Wildman–Crippen LogP) is 3.52. The van der Waals surface area contributed by atoms with Crippen LogP contribution in [-0.2, 0) is 6.42 Å². The molecule has 5 nitrogen and oxygen atoms in total. The van der Waals surface area contributed by atoms with E-state index in [-0.39, 0.29) is 6.04 Å². The quantitative estimate of drug-likeness (QED) is 0.733. The fourth-order valence-corrected chi connectivity index (χ4v) is 5.00. The van der Waals surface area contributed by atoms with Gasteiger partial charge in [0, 0.05) is 41.9 Å². The second kappa shape index (κ2) is 7.50. The summed E-state index contributed by atoms with van der Waals surface area (Å²) >= 11 is 3.59. The third-order valence-electron chi connectivity index (χ3n) is 6.25. The molecule has 1 fully saturated rings. The predicted molar refractivity (Wildman–Crippen MR) is 123 cm³/mol. The molecule has 1 saturated heterocycles. The highest BCUT2D eigenvalue weighted by Crippen LogP contribution is 2.41. The standard InChI is InChI=1S/C23H26BrN5/c1-28-10-12-29(13-11-28)18-6-2-15(3-7-18)21-20-8-4-16-14-17(24)5-9-19(16)22(20)27-23(25)26-21/h2-3,5-7,9,14,21H,4,8,10-13H2,1H3,(H3,25,26,27). The summed E-state index contributed by atoms with van der Waals surface area (Å²) in [4.78, 5) is 9.62. The third-order valence-corrected chi connectivity index (χ3v) is 6.74. The molecule has 0 amide bonds. The fraction of sp³-hybridized carbons (Fsp3) is 0.348. The van der Waals surface area contributed by atoms with E-state index in [0.717, 1.165) is 49.2 Å². The zero-order chi connectivity index (χ0) is 20.0. The zero-order valence-electron chi connectivity index (χ0n) is 16.7. The van der Waals surface area contributed by atoms with E-state index in [9.17, 15) is 0 Å². The van der Waals surface area contributed by atoms with E-state index in [4.69, 9.17) is 10.7 Å². The van der Waals surface area contributed by atoms with Crippen molar-refractivity contribution >= 4 is 33.3 Å². The molecule has 2 aromatic carbocycles. The maximum absolute atomic E-state index is 6.20. The highest BCUT2D eigenvalue weighted by Gasteiger charge is 2.29. The molecule has 2 aromatic rings. The number of hydrogen-bond acceptors (Lipinski definition) is 5. The van der Waals surface area contributed by atoms with E-state index in [1.54, 1.807) is 0 Å². The van der Waals surface area contributed by atoms with Gasteiger partial charge in [0.1, 0.15) is 6.04 Å². The van der Waals surface area contributed by atoms with Crippen LogP contribution in [0.2, 0.25) is 0 Å². The topological polar surface area (TPSA) is 56.9 Å². The lowest BCUT2D eigenvalue weighted by Crippen LogP contribution is -2.44.